The Morgan fingerprint density at radius 2 is 1.82 bits per heavy atom. The normalized spacial score (nSPS) is 19.4. The molecule has 0 aliphatic carbocycles. The molecule has 2 aromatic carbocycles. The number of rotatable bonds is 6. The molecule has 2 aromatic rings. The number of hydrogen-bond donors (Lipinski definition) is 1. The Kier molecular flexibility index (Phi) is 8.67. The van der Waals surface area contributed by atoms with E-state index < -0.39 is 0 Å². The van der Waals surface area contributed by atoms with Crippen LogP contribution in [-0.2, 0) is 9.53 Å². The zero-order chi connectivity index (χ0) is 23.8. The van der Waals surface area contributed by atoms with E-state index in [1.54, 1.807) is 12.1 Å². The van der Waals surface area contributed by atoms with Gasteiger partial charge in [-0.15, -0.1) is 0 Å². The molecule has 9 heteroatoms. The maximum atomic E-state index is 13.1. The lowest BCUT2D eigenvalue weighted by Crippen LogP contribution is -2.51. The van der Waals surface area contributed by atoms with E-state index in [1.165, 1.54) is 12.1 Å². The summed E-state index contributed by atoms with van der Waals surface area (Å²) in [7, 11) is 0. The number of morpholine rings is 1. The highest BCUT2D eigenvalue weighted by Gasteiger charge is 2.26. The lowest BCUT2D eigenvalue weighted by atomic mass is 10.2. The highest BCUT2D eigenvalue weighted by atomic mass is 32.1. The van der Waals surface area contributed by atoms with Crippen LogP contribution in [0.2, 0.25) is 0 Å². The summed E-state index contributed by atoms with van der Waals surface area (Å²) in [5.41, 5.74) is 0.767. The van der Waals surface area contributed by atoms with E-state index in [0.717, 1.165) is 38.3 Å². The van der Waals surface area contributed by atoms with Crippen molar-refractivity contribution in [2.24, 2.45) is 0 Å². The first-order valence-electron chi connectivity index (χ1n) is 11.7. The minimum absolute atomic E-state index is 0.0167. The van der Waals surface area contributed by atoms with E-state index in [4.69, 9.17) is 21.7 Å². The fourth-order valence-corrected chi connectivity index (χ4v) is 4.48. The van der Waals surface area contributed by atoms with Crippen LogP contribution in [0.4, 0.5) is 10.1 Å². The van der Waals surface area contributed by atoms with E-state index in [0.29, 0.717) is 37.1 Å². The third-order valence-electron chi connectivity index (χ3n) is 6.03. The molecule has 1 N–H and O–H groups in total. The second kappa shape index (κ2) is 12.1. The topological polar surface area (TPSA) is 57.3 Å². The minimum Gasteiger partial charge on any atom is -0.484 e. The highest BCUT2D eigenvalue weighted by molar-refractivity contribution is 7.80. The molecule has 182 valence electrons. The lowest BCUT2D eigenvalue weighted by Gasteiger charge is -2.36. The summed E-state index contributed by atoms with van der Waals surface area (Å²) in [5, 5.41) is 3.80. The number of amides is 1. The van der Waals surface area contributed by atoms with Gasteiger partial charge in [0.2, 0.25) is 0 Å². The Balaban J connectivity index is 1.21. The summed E-state index contributed by atoms with van der Waals surface area (Å²) in [5.74, 6) is 0.450. The van der Waals surface area contributed by atoms with Gasteiger partial charge in [0.1, 0.15) is 11.6 Å². The van der Waals surface area contributed by atoms with E-state index >= 15 is 0 Å². The molecule has 0 aromatic heterocycles. The standard InChI is InChI=1S/C25H31FN4O3S/c26-20-7-9-21(10-8-20)27-25(34)30-15-16-32-23(18-30)17-28-11-4-12-29(14-13-28)24(31)19-33-22-5-2-1-3-6-22/h1-3,5-10,23H,4,11-19H2,(H,27,34). The number of halogens is 1. The first kappa shape index (κ1) is 24.4. The minimum atomic E-state index is -0.274. The summed E-state index contributed by atoms with van der Waals surface area (Å²) in [4.78, 5) is 19.0. The third kappa shape index (κ3) is 7.12. The van der Waals surface area contributed by atoms with Gasteiger partial charge >= 0.3 is 0 Å². The molecule has 34 heavy (non-hydrogen) atoms. The molecule has 0 spiro atoms. The molecular weight excluding hydrogens is 455 g/mol. The molecule has 1 unspecified atom stereocenters. The Morgan fingerprint density at radius 3 is 2.62 bits per heavy atom. The predicted molar refractivity (Wildman–Crippen MR) is 134 cm³/mol. The Morgan fingerprint density at radius 1 is 1.03 bits per heavy atom. The zero-order valence-corrected chi connectivity index (χ0v) is 20.0. The second-order valence-corrected chi connectivity index (χ2v) is 8.90. The van der Waals surface area contributed by atoms with Gasteiger partial charge in [-0.2, -0.15) is 0 Å². The third-order valence-corrected chi connectivity index (χ3v) is 6.39. The van der Waals surface area contributed by atoms with Crippen molar-refractivity contribution in [2.75, 3.05) is 64.3 Å². The second-order valence-electron chi connectivity index (χ2n) is 8.51. The molecule has 2 fully saturated rings. The highest BCUT2D eigenvalue weighted by Crippen LogP contribution is 2.14. The molecule has 2 heterocycles. The van der Waals surface area contributed by atoms with E-state index in [1.807, 2.05) is 35.2 Å². The van der Waals surface area contributed by atoms with Crippen molar-refractivity contribution >= 4 is 28.9 Å². The van der Waals surface area contributed by atoms with Crippen molar-refractivity contribution in [1.82, 2.24) is 14.7 Å². The Bertz CT molecular complexity index is 947. The fourth-order valence-electron chi connectivity index (χ4n) is 4.19. The quantitative estimate of drug-likeness (QED) is 0.630. The molecule has 0 saturated carbocycles. The van der Waals surface area contributed by atoms with Gasteiger partial charge in [-0.25, -0.2) is 4.39 Å². The van der Waals surface area contributed by atoms with Gasteiger partial charge in [0.15, 0.2) is 11.7 Å². The van der Waals surface area contributed by atoms with Gasteiger partial charge in [-0.1, -0.05) is 18.2 Å². The lowest BCUT2D eigenvalue weighted by molar-refractivity contribution is -0.133. The zero-order valence-electron chi connectivity index (χ0n) is 19.2. The number of benzene rings is 2. The molecule has 7 nitrogen and oxygen atoms in total. The number of thiocarbonyl (C=S) groups is 1. The average molecular weight is 487 g/mol. The van der Waals surface area contributed by atoms with Crippen LogP contribution in [0.25, 0.3) is 0 Å². The molecular formula is C25H31FN4O3S. The van der Waals surface area contributed by atoms with Crippen LogP contribution >= 0.6 is 12.2 Å². The summed E-state index contributed by atoms with van der Waals surface area (Å²) in [6.07, 6.45) is 0.947. The van der Waals surface area contributed by atoms with Crippen molar-refractivity contribution in [3.8, 4) is 5.75 Å². The number of carbonyl (C=O) groups excluding carboxylic acids is 1. The van der Waals surface area contributed by atoms with Crippen LogP contribution in [0.3, 0.4) is 0 Å². The molecule has 1 atom stereocenters. The predicted octanol–water partition coefficient (Wildman–Crippen LogP) is 2.84. The smallest absolute Gasteiger partial charge is 0.260 e. The largest absolute Gasteiger partial charge is 0.484 e. The van der Waals surface area contributed by atoms with E-state index in [9.17, 15) is 9.18 Å². The van der Waals surface area contributed by atoms with Crippen molar-refractivity contribution < 1.29 is 18.7 Å². The van der Waals surface area contributed by atoms with Crippen LogP contribution in [-0.4, -0.2) is 90.9 Å². The van der Waals surface area contributed by atoms with Gasteiger partial charge in [0, 0.05) is 45.0 Å². The summed E-state index contributed by atoms with van der Waals surface area (Å²) >= 11 is 5.57. The average Bonchev–Trinajstić information content (AvgIpc) is 3.10. The monoisotopic (exact) mass is 486 g/mol. The molecule has 2 aliphatic rings. The molecule has 1 amide bonds. The first-order chi connectivity index (χ1) is 16.6. The Hall–Kier alpha value is -2.75. The number of anilines is 1. The van der Waals surface area contributed by atoms with E-state index in [2.05, 4.69) is 15.1 Å². The van der Waals surface area contributed by atoms with Gasteiger partial charge in [0.05, 0.1) is 12.7 Å². The molecule has 0 bridgehead atoms. The Labute approximate surface area is 205 Å². The summed E-state index contributed by atoms with van der Waals surface area (Å²) < 4.78 is 24.8. The van der Waals surface area contributed by atoms with Crippen LogP contribution in [0.5, 0.6) is 5.75 Å². The van der Waals surface area contributed by atoms with E-state index in [-0.39, 0.29) is 24.4 Å². The van der Waals surface area contributed by atoms with Crippen molar-refractivity contribution in [2.45, 2.75) is 12.5 Å². The number of ether oxygens (including phenoxy) is 2. The number of carbonyl (C=O) groups is 1. The maximum absolute atomic E-state index is 13.1. The van der Waals surface area contributed by atoms with Crippen molar-refractivity contribution in [3.63, 3.8) is 0 Å². The maximum Gasteiger partial charge on any atom is 0.260 e. The summed E-state index contributed by atoms with van der Waals surface area (Å²) in [6, 6.07) is 15.6. The van der Waals surface area contributed by atoms with Gasteiger partial charge in [-0.05, 0) is 61.6 Å². The number of hydrogen-bond acceptors (Lipinski definition) is 5. The molecule has 0 radical (unpaired) electrons. The number of nitrogens with zero attached hydrogens (tertiary/aromatic N) is 3. The number of nitrogens with one attached hydrogen (secondary N) is 1. The van der Waals surface area contributed by atoms with Crippen LogP contribution in [0.1, 0.15) is 6.42 Å². The van der Waals surface area contributed by atoms with Crippen LogP contribution < -0.4 is 10.1 Å². The van der Waals surface area contributed by atoms with Gasteiger partial charge in [0.25, 0.3) is 5.91 Å². The molecule has 4 rings (SSSR count). The molecule has 2 saturated heterocycles. The van der Waals surface area contributed by atoms with Gasteiger partial charge < -0.3 is 24.6 Å². The first-order valence-corrected chi connectivity index (χ1v) is 12.1. The number of para-hydroxylation sites is 1. The molecule has 2 aliphatic heterocycles. The van der Waals surface area contributed by atoms with Crippen molar-refractivity contribution in [3.05, 3.63) is 60.4 Å². The SMILES string of the molecule is O=C(COc1ccccc1)N1CCCN(CC2CN(C(=S)Nc3ccc(F)cc3)CCO2)CC1. The van der Waals surface area contributed by atoms with Crippen LogP contribution in [0, 0.1) is 5.82 Å². The van der Waals surface area contributed by atoms with Crippen LogP contribution in [0.15, 0.2) is 54.6 Å². The fraction of sp³-hybridized carbons (Fsp3) is 0.440. The van der Waals surface area contributed by atoms with Gasteiger partial charge in [-0.3, -0.25) is 9.69 Å². The van der Waals surface area contributed by atoms with Crippen molar-refractivity contribution in [1.29, 1.82) is 0 Å². The summed E-state index contributed by atoms with van der Waals surface area (Å²) in [6.45, 7) is 5.99.